The lowest BCUT2D eigenvalue weighted by molar-refractivity contribution is -0.140. The molecule has 0 radical (unpaired) electrons. The van der Waals surface area contributed by atoms with Gasteiger partial charge in [0.2, 0.25) is 0 Å². The van der Waals surface area contributed by atoms with Gasteiger partial charge in [0.15, 0.2) is 0 Å². The van der Waals surface area contributed by atoms with Crippen LogP contribution in [-0.2, 0) is 9.59 Å². The van der Waals surface area contributed by atoms with Crippen molar-refractivity contribution in [2.45, 2.75) is 45.4 Å². The molecule has 1 saturated heterocycles. The fourth-order valence-electron chi connectivity index (χ4n) is 2.66. The molecule has 1 N–H and O–H groups in total. The van der Waals surface area contributed by atoms with Gasteiger partial charge in [-0.25, -0.2) is 0 Å². The van der Waals surface area contributed by atoms with E-state index in [2.05, 4.69) is 6.92 Å². The van der Waals surface area contributed by atoms with Crippen molar-refractivity contribution >= 4 is 46.3 Å². The molecule has 146 valence electrons. The van der Waals surface area contributed by atoms with Crippen molar-refractivity contribution in [1.82, 2.24) is 4.90 Å². The van der Waals surface area contributed by atoms with Crippen molar-refractivity contribution in [1.29, 1.82) is 0 Å². The van der Waals surface area contributed by atoms with Crippen LogP contribution in [0.1, 0.15) is 51.0 Å². The third kappa shape index (κ3) is 6.99. The molecule has 1 aliphatic rings. The topological polar surface area (TPSA) is 66.8 Å². The maximum absolute atomic E-state index is 12.3. The molecule has 0 atom stereocenters. The summed E-state index contributed by atoms with van der Waals surface area (Å²) in [5.74, 6) is -0.644. The minimum Gasteiger partial charge on any atom is -0.494 e. The molecule has 27 heavy (non-hydrogen) atoms. The van der Waals surface area contributed by atoms with Crippen LogP contribution in [0.3, 0.4) is 0 Å². The molecule has 0 unspecified atom stereocenters. The second kappa shape index (κ2) is 11.1. The maximum Gasteiger partial charge on any atom is 0.323 e. The molecular formula is C20H25NO4S2. The van der Waals surface area contributed by atoms with Crippen molar-refractivity contribution in [2.24, 2.45) is 0 Å². The number of amides is 1. The minimum absolute atomic E-state index is 0.271. The van der Waals surface area contributed by atoms with Gasteiger partial charge >= 0.3 is 5.97 Å². The summed E-state index contributed by atoms with van der Waals surface area (Å²) >= 11 is 6.21. The Labute approximate surface area is 169 Å². The van der Waals surface area contributed by atoms with Crippen LogP contribution in [0.4, 0.5) is 0 Å². The van der Waals surface area contributed by atoms with Crippen LogP contribution >= 0.6 is 24.0 Å². The van der Waals surface area contributed by atoms with Crippen LogP contribution in [0, 0.1) is 0 Å². The number of benzene rings is 1. The van der Waals surface area contributed by atoms with Gasteiger partial charge in [-0.15, -0.1) is 0 Å². The first-order valence-electron chi connectivity index (χ1n) is 9.21. The van der Waals surface area contributed by atoms with Gasteiger partial charge in [0.05, 0.1) is 11.5 Å². The van der Waals surface area contributed by atoms with E-state index in [4.69, 9.17) is 22.1 Å². The third-order valence-corrected chi connectivity index (χ3v) is 5.49. The van der Waals surface area contributed by atoms with Gasteiger partial charge in [-0.2, -0.15) is 0 Å². The molecule has 0 aliphatic carbocycles. The van der Waals surface area contributed by atoms with E-state index in [0.717, 1.165) is 34.4 Å². The van der Waals surface area contributed by atoms with E-state index in [1.54, 1.807) is 6.08 Å². The van der Waals surface area contributed by atoms with Gasteiger partial charge in [-0.3, -0.25) is 14.5 Å². The molecule has 7 heteroatoms. The van der Waals surface area contributed by atoms with E-state index >= 15 is 0 Å². The van der Waals surface area contributed by atoms with Gasteiger partial charge < -0.3 is 9.84 Å². The van der Waals surface area contributed by atoms with Crippen molar-refractivity contribution in [3.8, 4) is 5.75 Å². The molecule has 1 fully saturated rings. The summed E-state index contributed by atoms with van der Waals surface area (Å²) in [5, 5.41) is 8.86. The Kier molecular flexibility index (Phi) is 8.81. The largest absolute Gasteiger partial charge is 0.494 e. The zero-order chi connectivity index (χ0) is 19.6. The Bertz CT molecular complexity index is 700. The second-order valence-electron chi connectivity index (χ2n) is 6.35. The number of carboxylic acids is 1. The minimum atomic E-state index is -1.08. The van der Waals surface area contributed by atoms with Crippen molar-refractivity contribution in [3.63, 3.8) is 0 Å². The van der Waals surface area contributed by atoms with Gasteiger partial charge in [0.25, 0.3) is 5.91 Å². The Balaban J connectivity index is 1.83. The quantitative estimate of drug-likeness (QED) is 0.325. The molecule has 1 aliphatic heterocycles. The third-order valence-electron chi connectivity index (χ3n) is 4.11. The number of nitrogens with zero attached hydrogens (tertiary/aromatic N) is 1. The number of carboxylic acid groups (broad SMARTS) is 1. The monoisotopic (exact) mass is 407 g/mol. The molecule has 0 bridgehead atoms. The fourth-order valence-corrected chi connectivity index (χ4v) is 3.91. The average molecular weight is 408 g/mol. The first-order chi connectivity index (χ1) is 13.0. The first kappa shape index (κ1) is 21.4. The number of carbonyl (C=O) groups is 2. The van der Waals surface area contributed by atoms with Crippen molar-refractivity contribution in [3.05, 3.63) is 34.7 Å². The fraction of sp³-hybridized carbons (Fsp3) is 0.450. The normalized spacial score (nSPS) is 15.6. The van der Waals surface area contributed by atoms with Crippen LogP contribution in [0.2, 0.25) is 0 Å². The molecule has 5 nitrogen and oxygen atoms in total. The van der Waals surface area contributed by atoms with E-state index in [1.165, 1.54) is 32.1 Å². The zero-order valence-corrected chi connectivity index (χ0v) is 17.1. The van der Waals surface area contributed by atoms with Crippen LogP contribution in [0.5, 0.6) is 5.75 Å². The molecule has 0 spiro atoms. The number of unbranched alkanes of at least 4 members (excludes halogenated alkanes) is 5. The Morgan fingerprint density at radius 3 is 2.52 bits per heavy atom. The smallest absolute Gasteiger partial charge is 0.323 e. The lowest BCUT2D eigenvalue weighted by Crippen LogP contribution is -2.33. The number of thiocarbonyl (C=S) groups is 1. The number of rotatable bonds is 11. The summed E-state index contributed by atoms with van der Waals surface area (Å²) in [5.41, 5.74) is 0.845. The van der Waals surface area contributed by atoms with Crippen LogP contribution < -0.4 is 4.74 Å². The predicted molar refractivity (Wildman–Crippen MR) is 113 cm³/mol. The molecular weight excluding hydrogens is 382 g/mol. The number of carbonyl (C=O) groups excluding carboxylic acids is 1. The summed E-state index contributed by atoms with van der Waals surface area (Å²) < 4.78 is 6.02. The summed E-state index contributed by atoms with van der Waals surface area (Å²) in [6.07, 6.45) is 9.08. The number of thioether (sulfide) groups is 1. The average Bonchev–Trinajstić information content (AvgIpc) is 2.89. The number of ether oxygens (including phenoxy) is 1. The predicted octanol–water partition coefficient (Wildman–Crippen LogP) is 4.71. The van der Waals surface area contributed by atoms with Crippen LogP contribution in [0.25, 0.3) is 6.08 Å². The molecule has 1 heterocycles. The Morgan fingerprint density at radius 1 is 1.19 bits per heavy atom. The van der Waals surface area contributed by atoms with E-state index in [-0.39, 0.29) is 10.2 Å². The number of aliphatic carboxylic acids is 1. The lowest BCUT2D eigenvalue weighted by atomic mass is 10.1. The molecule has 1 amide bonds. The highest BCUT2D eigenvalue weighted by Gasteiger charge is 2.33. The standard InChI is InChI=1S/C20H25NO4S2/c1-2-3-4-5-6-7-12-25-16-10-8-15(9-11-16)13-17-19(24)21(14-18(22)23)20(26)27-17/h8-11,13H,2-7,12,14H2,1H3,(H,22,23). The zero-order valence-electron chi connectivity index (χ0n) is 15.5. The van der Waals surface area contributed by atoms with E-state index in [0.29, 0.717) is 11.5 Å². The van der Waals surface area contributed by atoms with Crippen LogP contribution in [0.15, 0.2) is 29.2 Å². The van der Waals surface area contributed by atoms with Gasteiger partial charge in [-0.05, 0) is 30.2 Å². The highest BCUT2D eigenvalue weighted by molar-refractivity contribution is 8.26. The SMILES string of the molecule is CCCCCCCCOc1ccc(C=C2SC(=S)N(CC(=O)O)C2=O)cc1. The van der Waals surface area contributed by atoms with Crippen molar-refractivity contribution < 1.29 is 19.4 Å². The van der Waals surface area contributed by atoms with Gasteiger partial charge in [-0.1, -0.05) is 75.1 Å². The molecule has 0 saturated carbocycles. The van der Waals surface area contributed by atoms with Gasteiger partial charge in [0.1, 0.15) is 16.6 Å². The Hall–Kier alpha value is -1.86. The molecule has 1 aromatic carbocycles. The summed E-state index contributed by atoms with van der Waals surface area (Å²) in [7, 11) is 0. The number of hydrogen-bond donors (Lipinski definition) is 1. The molecule has 1 aromatic rings. The Morgan fingerprint density at radius 2 is 1.85 bits per heavy atom. The highest BCUT2D eigenvalue weighted by atomic mass is 32.2. The first-order valence-corrected chi connectivity index (χ1v) is 10.4. The molecule has 2 rings (SSSR count). The highest BCUT2D eigenvalue weighted by Crippen LogP contribution is 2.32. The van der Waals surface area contributed by atoms with E-state index in [1.807, 2.05) is 24.3 Å². The molecule has 0 aromatic heterocycles. The van der Waals surface area contributed by atoms with E-state index in [9.17, 15) is 9.59 Å². The summed E-state index contributed by atoms with van der Waals surface area (Å²) in [6, 6.07) is 7.50. The lowest BCUT2D eigenvalue weighted by Gasteiger charge is -2.10. The maximum atomic E-state index is 12.3. The van der Waals surface area contributed by atoms with Gasteiger partial charge in [0, 0.05) is 0 Å². The summed E-state index contributed by atoms with van der Waals surface area (Å²) in [6.45, 7) is 2.51. The van der Waals surface area contributed by atoms with E-state index < -0.39 is 12.5 Å². The summed E-state index contributed by atoms with van der Waals surface area (Å²) in [4.78, 5) is 24.6. The number of hydrogen-bond acceptors (Lipinski definition) is 5. The van der Waals surface area contributed by atoms with Crippen LogP contribution in [-0.4, -0.2) is 39.4 Å². The van der Waals surface area contributed by atoms with Crippen molar-refractivity contribution in [2.75, 3.05) is 13.2 Å². The second-order valence-corrected chi connectivity index (χ2v) is 8.02.